The number of hydrogen-bond donors (Lipinski definition) is 1. The first kappa shape index (κ1) is 13.4. The van der Waals surface area contributed by atoms with Crippen LogP contribution in [0.1, 0.15) is 17.2 Å². The second kappa shape index (κ2) is 5.41. The first-order chi connectivity index (χ1) is 9.66. The minimum absolute atomic E-state index is 0.312. The van der Waals surface area contributed by atoms with E-state index in [0.29, 0.717) is 10.0 Å². The summed E-state index contributed by atoms with van der Waals surface area (Å²) in [7, 11) is 0. The molecule has 0 aliphatic heterocycles. The van der Waals surface area contributed by atoms with Gasteiger partial charge >= 0.3 is 0 Å². The summed E-state index contributed by atoms with van der Waals surface area (Å²) in [5.74, 6) is 0. The van der Waals surface area contributed by atoms with Crippen LogP contribution in [0.2, 0.25) is 10.0 Å². The lowest BCUT2D eigenvalue weighted by atomic mass is 9.95. The standard InChI is InChI=1S/C16H12Cl2N2/c17-11-4-5-13(15(18)8-11)16(19)12-3-1-2-10-6-7-20-9-14(10)12/h1-9,16H,19H2. The summed E-state index contributed by atoms with van der Waals surface area (Å²) in [5, 5.41) is 3.32. The largest absolute Gasteiger partial charge is 0.320 e. The van der Waals surface area contributed by atoms with Crippen LogP contribution in [0.4, 0.5) is 0 Å². The van der Waals surface area contributed by atoms with E-state index < -0.39 is 0 Å². The van der Waals surface area contributed by atoms with Crippen molar-refractivity contribution in [3.63, 3.8) is 0 Å². The fourth-order valence-corrected chi connectivity index (χ4v) is 2.86. The molecule has 100 valence electrons. The third-order valence-electron chi connectivity index (χ3n) is 3.35. The Labute approximate surface area is 127 Å². The number of nitrogens with two attached hydrogens (primary N) is 1. The van der Waals surface area contributed by atoms with E-state index in [9.17, 15) is 0 Å². The van der Waals surface area contributed by atoms with Crippen molar-refractivity contribution in [1.29, 1.82) is 0 Å². The summed E-state index contributed by atoms with van der Waals surface area (Å²) < 4.78 is 0. The Morgan fingerprint density at radius 2 is 1.85 bits per heavy atom. The molecule has 2 nitrogen and oxygen atoms in total. The van der Waals surface area contributed by atoms with E-state index in [4.69, 9.17) is 28.9 Å². The summed E-state index contributed by atoms with van der Waals surface area (Å²) in [6.45, 7) is 0. The van der Waals surface area contributed by atoms with Gasteiger partial charge in [0.2, 0.25) is 0 Å². The SMILES string of the molecule is NC(c1ccc(Cl)cc1Cl)c1cccc2ccncc12. The van der Waals surface area contributed by atoms with Crippen molar-refractivity contribution < 1.29 is 0 Å². The van der Waals surface area contributed by atoms with E-state index >= 15 is 0 Å². The second-order valence-electron chi connectivity index (χ2n) is 4.59. The van der Waals surface area contributed by atoms with E-state index in [0.717, 1.165) is 21.9 Å². The molecule has 0 aliphatic carbocycles. The molecule has 3 rings (SSSR count). The van der Waals surface area contributed by atoms with Gasteiger partial charge in [-0.15, -0.1) is 0 Å². The fraction of sp³-hybridized carbons (Fsp3) is 0.0625. The predicted octanol–water partition coefficient (Wildman–Crippen LogP) is 4.59. The zero-order chi connectivity index (χ0) is 14.1. The van der Waals surface area contributed by atoms with Crippen molar-refractivity contribution in [3.8, 4) is 0 Å². The van der Waals surface area contributed by atoms with Gasteiger partial charge in [-0.2, -0.15) is 0 Å². The Morgan fingerprint density at radius 1 is 1.00 bits per heavy atom. The molecule has 1 atom stereocenters. The minimum Gasteiger partial charge on any atom is -0.320 e. The number of aromatic nitrogens is 1. The molecule has 0 amide bonds. The normalized spacial score (nSPS) is 12.6. The second-order valence-corrected chi connectivity index (χ2v) is 5.43. The fourth-order valence-electron chi connectivity index (χ4n) is 2.33. The average Bonchev–Trinajstić information content (AvgIpc) is 2.46. The highest BCUT2D eigenvalue weighted by Gasteiger charge is 2.15. The topological polar surface area (TPSA) is 38.9 Å². The van der Waals surface area contributed by atoms with E-state index in [-0.39, 0.29) is 6.04 Å². The lowest BCUT2D eigenvalue weighted by Gasteiger charge is -2.16. The van der Waals surface area contributed by atoms with Crippen molar-refractivity contribution in [2.45, 2.75) is 6.04 Å². The molecule has 1 aromatic heterocycles. The molecule has 0 radical (unpaired) electrons. The van der Waals surface area contributed by atoms with Gasteiger partial charge in [-0.3, -0.25) is 4.98 Å². The minimum atomic E-state index is -0.312. The van der Waals surface area contributed by atoms with Gasteiger partial charge in [-0.1, -0.05) is 47.5 Å². The van der Waals surface area contributed by atoms with Crippen LogP contribution in [-0.2, 0) is 0 Å². The van der Waals surface area contributed by atoms with Gasteiger partial charge in [0, 0.05) is 27.8 Å². The Bertz CT molecular complexity index is 766. The number of nitrogens with zero attached hydrogens (tertiary/aromatic N) is 1. The smallest absolute Gasteiger partial charge is 0.0573 e. The maximum atomic E-state index is 6.38. The quantitative estimate of drug-likeness (QED) is 0.752. The van der Waals surface area contributed by atoms with Crippen molar-refractivity contribution >= 4 is 34.0 Å². The van der Waals surface area contributed by atoms with Crippen molar-refractivity contribution in [3.05, 3.63) is 76.0 Å². The molecule has 0 aliphatic rings. The Kier molecular flexibility index (Phi) is 3.62. The van der Waals surface area contributed by atoms with Crippen LogP contribution in [0.25, 0.3) is 10.8 Å². The summed E-state index contributed by atoms with van der Waals surface area (Å²) in [6.07, 6.45) is 3.60. The first-order valence-corrected chi connectivity index (χ1v) is 6.95. The van der Waals surface area contributed by atoms with Crippen LogP contribution >= 0.6 is 23.2 Å². The lowest BCUT2D eigenvalue weighted by Crippen LogP contribution is -2.12. The molecular formula is C16H12Cl2N2. The molecule has 4 heteroatoms. The number of benzene rings is 2. The van der Waals surface area contributed by atoms with Gasteiger partial charge in [0.25, 0.3) is 0 Å². The summed E-state index contributed by atoms with van der Waals surface area (Å²) in [4.78, 5) is 4.18. The number of pyridine rings is 1. The maximum absolute atomic E-state index is 6.38. The number of halogens is 2. The monoisotopic (exact) mass is 302 g/mol. The Balaban J connectivity index is 2.15. The van der Waals surface area contributed by atoms with Gasteiger partial charge in [-0.05, 0) is 34.7 Å². The van der Waals surface area contributed by atoms with Crippen LogP contribution in [0.15, 0.2) is 54.9 Å². The van der Waals surface area contributed by atoms with Crippen LogP contribution in [0.5, 0.6) is 0 Å². The zero-order valence-electron chi connectivity index (χ0n) is 10.6. The summed E-state index contributed by atoms with van der Waals surface area (Å²) >= 11 is 12.2. The number of rotatable bonds is 2. The Hall–Kier alpha value is -1.61. The molecule has 0 bridgehead atoms. The van der Waals surface area contributed by atoms with E-state index in [1.165, 1.54) is 0 Å². The molecular weight excluding hydrogens is 291 g/mol. The maximum Gasteiger partial charge on any atom is 0.0573 e. The predicted molar refractivity (Wildman–Crippen MR) is 84.2 cm³/mol. The molecule has 0 spiro atoms. The number of hydrogen-bond acceptors (Lipinski definition) is 2. The van der Waals surface area contributed by atoms with Gasteiger partial charge in [-0.25, -0.2) is 0 Å². The molecule has 3 aromatic rings. The molecule has 20 heavy (non-hydrogen) atoms. The van der Waals surface area contributed by atoms with Crippen molar-refractivity contribution in [2.24, 2.45) is 5.73 Å². The highest BCUT2D eigenvalue weighted by molar-refractivity contribution is 6.35. The zero-order valence-corrected chi connectivity index (χ0v) is 12.1. The third-order valence-corrected chi connectivity index (χ3v) is 3.91. The summed E-state index contributed by atoms with van der Waals surface area (Å²) in [6, 6.07) is 13.1. The molecule has 0 saturated carbocycles. The Morgan fingerprint density at radius 3 is 2.65 bits per heavy atom. The van der Waals surface area contributed by atoms with Crippen molar-refractivity contribution in [2.75, 3.05) is 0 Å². The van der Waals surface area contributed by atoms with Gasteiger partial charge in [0.15, 0.2) is 0 Å². The van der Waals surface area contributed by atoms with Gasteiger partial charge in [0.1, 0.15) is 0 Å². The molecule has 1 heterocycles. The number of fused-ring (bicyclic) bond motifs is 1. The highest BCUT2D eigenvalue weighted by atomic mass is 35.5. The molecule has 0 fully saturated rings. The van der Waals surface area contributed by atoms with Crippen LogP contribution in [0, 0.1) is 0 Å². The van der Waals surface area contributed by atoms with E-state index in [2.05, 4.69) is 4.98 Å². The third kappa shape index (κ3) is 2.38. The highest BCUT2D eigenvalue weighted by Crippen LogP contribution is 2.32. The van der Waals surface area contributed by atoms with Gasteiger partial charge in [0.05, 0.1) is 6.04 Å². The first-order valence-electron chi connectivity index (χ1n) is 6.20. The van der Waals surface area contributed by atoms with Gasteiger partial charge < -0.3 is 5.73 Å². The molecule has 1 unspecified atom stereocenters. The molecule has 2 aromatic carbocycles. The van der Waals surface area contributed by atoms with Crippen LogP contribution in [-0.4, -0.2) is 4.98 Å². The molecule has 2 N–H and O–H groups in total. The van der Waals surface area contributed by atoms with E-state index in [1.54, 1.807) is 18.3 Å². The average molecular weight is 303 g/mol. The van der Waals surface area contributed by atoms with Crippen LogP contribution < -0.4 is 5.73 Å². The van der Waals surface area contributed by atoms with E-state index in [1.807, 2.05) is 36.5 Å². The lowest BCUT2D eigenvalue weighted by molar-refractivity contribution is 0.880. The van der Waals surface area contributed by atoms with Crippen molar-refractivity contribution in [1.82, 2.24) is 4.98 Å². The molecule has 0 saturated heterocycles. The van der Waals surface area contributed by atoms with Crippen LogP contribution in [0.3, 0.4) is 0 Å². The summed E-state index contributed by atoms with van der Waals surface area (Å²) in [5.41, 5.74) is 8.23.